The molecule has 1 fully saturated rings. The molecule has 0 bridgehead atoms. The zero-order valence-electron chi connectivity index (χ0n) is 10.1. The molecule has 0 radical (unpaired) electrons. The molecule has 3 heteroatoms. The van der Waals surface area contributed by atoms with Crippen LogP contribution in [0.1, 0.15) is 49.8 Å². The Morgan fingerprint density at radius 2 is 2.19 bits per heavy atom. The van der Waals surface area contributed by atoms with Gasteiger partial charge in [0.1, 0.15) is 5.82 Å². The highest BCUT2D eigenvalue weighted by atomic mass is 16.5. The maximum atomic E-state index is 5.61. The SMILES string of the molecule is CC1CCc2nc(C3CCOC3C)[nH]c2C1. The third kappa shape index (κ3) is 1.67. The summed E-state index contributed by atoms with van der Waals surface area (Å²) in [5, 5.41) is 0. The smallest absolute Gasteiger partial charge is 0.112 e. The molecule has 3 unspecified atom stereocenters. The number of aryl methyl sites for hydroxylation is 1. The molecule has 1 aliphatic carbocycles. The lowest BCUT2D eigenvalue weighted by atomic mass is 9.92. The molecule has 3 atom stereocenters. The molecule has 0 amide bonds. The number of imidazole rings is 1. The highest BCUT2D eigenvalue weighted by Crippen LogP contribution is 2.32. The van der Waals surface area contributed by atoms with Crippen molar-refractivity contribution in [1.82, 2.24) is 9.97 Å². The van der Waals surface area contributed by atoms with Gasteiger partial charge in [-0.15, -0.1) is 0 Å². The predicted molar refractivity (Wildman–Crippen MR) is 62.5 cm³/mol. The summed E-state index contributed by atoms with van der Waals surface area (Å²) in [6.07, 6.45) is 5.04. The van der Waals surface area contributed by atoms with Gasteiger partial charge < -0.3 is 9.72 Å². The van der Waals surface area contributed by atoms with Crippen molar-refractivity contribution in [2.24, 2.45) is 5.92 Å². The minimum absolute atomic E-state index is 0.324. The lowest BCUT2D eigenvalue weighted by Gasteiger charge is -2.15. The van der Waals surface area contributed by atoms with Crippen LogP contribution in [-0.2, 0) is 17.6 Å². The van der Waals surface area contributed by atoms with Crippen LogP contribution in [0.15, 0.2) is 0 Å². The Morgan fingerprint density at radius 1 is 1.31 bits per heavy atom. The first-order valence-corrected chi connectivity index (χ1v) is 6.43. The van der Waals surface area contributed by atoms with E-state index in [9.17, 15) is 0 Å². The van der Waals surface area contributed by atoms with Crippen LogP contribution in [-0.4, -0.2) is 22.7 Å². The van der Waals surface area contributed by atoms with Crippen molar-refractivity contribution in [2.75, 3.05) is 6.61 Å². The number of hydrogen-bond donors (Lipinski definition) is 1. The average molecular weight is 220 g/mol. The van der Waals surface area contributed by atoms with Gasteiger partial charge in [-0.2, -0.15) is 0 Å². The summed E-state index contributed by atoms with van der Waals surface area (Å²) in [4.78, 5) is 8.33. The molecule has 16 heavy (non-hydrogen) atoms. The van der Waals surface area contributed by atoms with Crippen LogP contribution in [0.4, 0.5) is 0 Å². The number of rotatable bonds is 1. The van der Waals surface area contributed by atoms with E-state index in [1.54, 1.807) is 0 Å². The van der Waals surface area contributed by atoms with Crippen molar-refractivity contribution in [3.63, 3.8) is 0 Å². The molecule has 2 aliphatic rings. The molecule has 3 rings (SSSR count). The summed E-state index contributed by atoms with van der Waals surface area (Å²) in [5.74, 6) is 2.46. The Hall–Kier alpha value is -0.830. The van der Waals surface area contributed by atoms with E-state index < -0.39 is 0 Å². The summed E-state index contributed by atoms with van der Waals surface area (Å²) in [7, 11) is 0. The highest BCUT2D eigenvalue weighted by molar-refractivity contribution is 5.21. The maximum absolute atomic E-state index is 5.61. The van der Waals surface area contributed by atoms with Gasteiger partial charge in [0.05, 0.1) is 11.8 Å². The van der Waals surface area contributed by atoms with E-state index in [0.717, 1.165) is 25.4 Å². The summed E-state index contributed by atoms with van der Waals surface area (Å²) in [6.45, 7) is 5.36. The monoisotopic (exact) mass is 220 g/mol. The number of hydrogen-bond acceptors (Lipinski definition) is 2. The highest BCUT2D eigenvalue weighted by Gasteiger charge is 2.30. The van der Waals surface area contributed by atoms with Crippen molar-refractivity contribution >= 4 is 0 Å². The number of H-pyrrole nitrogens is 1. The number of ether oxygens (including phenoxy) is 1. The van der Waals surface area contributed by atoms with E-state index in [1.165, 1.54) is 30.1 Å². The van der Waals surface area contributed by atoms with Crippen LogP contribution in [0.2, 0.25) is 0 Å². The van der Waals surface area contributed by atoms with Gasteiger partial charge in [-0.3, -0.25) is 0 Å². The van der Waals surface area contributed by atoms with Crippen molar-refractivity contribution in [1.29, 1.82) is 0 Å². The largest absolute Gasteiger partial charge is 0.378 e. The molecule has 1 N–H and O–H groups in total. The molecule has 1 aromatic heterocycles. The first-order valence-electron chi connectivity index (χ1n) is 6.43. The lowest BCUT2D eigenvalue weighted by Crippen LogP contribution is -2.11. The number of fused-ring (bicyclic) bond motifs is 1. The molecule has 1 saturated heterocycles. The van der Waals surface area contributed by atoms with E-state index >= 15 is 0 Å². The standard InChI is InChI=1S/C13H20N2O/c1-8-3-4-11-12(7-8)15-13(14-11)10-5-6-16-9(10)2/h8-10H,3-7H2,1-2H3,(H,14,15). The molecular weight excluding hydrogens is 200 g/mol. The molecule has 1 aliphatic heterocycles. The van der Waals surface area contributed by atoms with Crippen LogP contribution < -0.4 is 0 Å². The molecule has 88 valence electrons. The van der Waals surface area contributed by atoms with E-state index in [4.69, 9.17) is 9.72 Å². The fraction of sp³-hybridized carbons (Fsp3) is 0.769. The zero-order chi connectivity index (χ0) is 11.1. The van der Waals surface area contributed by atoms with Crippen molar-refractivity contribution < 1.29 is 4.74 Å². The summed E-state index contributed by atoms with van der Waals surface area (Å²) >= 11 is 0. The fourth-order valence-corrected chi connectivity index (χ4v) is 2.94. The topological polar surface area (TPSA) is 37.9 Å². The molecule has 3 nitrogen and oxygen atoms in total. The van der Waals surface area contributed by atoms with Gasteiger partial charge in [-0.05, 0) is 38.5 Å². The van der Waals surface area contributed by atoms with E-state index in [0.29, 0.717) is 12.0 Å². The van der Waals surface area contributed by atoms with E-state index in [2.05, 4.69) is 18.8 Å². The number of nitrogens with one attached hydrogen (secondary N) is 1. The number of aromatic amines is 1. The van der Waals surface area contributed by atoms with Crippen LogP contribution in [0, 0.1) is 5.92 Å². The Bertz CT molecular complexity index is 385. The second-order valence-electron chi connectivity index (χ2n) is 5.37. The number of nitrogens with zero attached hydrogens (tertiary/aromatic N) is 1. The molecule has 0 saturated carbocycles. The number of aromatic nitrogens is 2. The minimum atomic E-state index is 0.324. The second kappa shape index (κ2) is 3.88. The van der Waals surface area contributed by atoms with Crippen molar-refractivity contribution in [3.8, 4) is 0 Å². The fourth-order valence-electron chi connectivity index (χ4n) is 2.94. The summed E-state index contributed by atoms with van der Waals surface area (Å²) < 4.78 is 5.61. The Kier molecular flexibility index (Phi) is 2.51. The first kappa shape index (κ1) is 10.3. The normalized spacial score (nSPS) is 34.0. The molecule has 0 spiro atoms. The van der Waals surface area contributed by atoms with Crippen molar-refractivity contribution in [2.45, 2.75) is 51.6 Å². The second-order valence-corrected chi connectivity index (χ2v) is 5.37. The quantitative estimate of drug-likeness (QED) is 0.789. The third-order valence-electron chi connectivity index (χ3n) is 4.04. The van der Waals surface area contributed by atoms with Gasteiger partial charge in [0.15, 0.2) is 0 Å². The third-order valence-corrected chi connectivity index (χ3v) is 4.04. The predicted octanol–water partition coefficient (Wildman–Crippen LogP) is 2.43. The van der Waals surface area contributed by atoms with E-state index in [1.807, 2.05) is 0 Å². The molecule has 1 aromatic rings. The van der Waals surface area contributed by atoms with Gasteiger partial charge in [0.2, 0.25) is 0 Å². The summed E-state index contributed by atoms with van der Waals surface area (Å²) in [5.41, 5.74) is 2.69. The summed E-state index contributed by atoms with van der Waals surface area (Å²) in [6, 6.07) is 0. The van der Waals surface area contributed by atoms with Crippen LogP contribution in [0.5, 0.6) is 0 Å². The van der Waals surface area contributed by atoms with Gasteiger partial charge in [0, 0.05) is 18.2 Å². The minimum Gasteiger partial charge on any atom is -0.378 e. The molecular formula is C13H20N2O. The van der Waals surface area contributed by atoms with E-state index in [-0.39, 0.29) is 0 Å². The Labute approximate surface area is 96.6 Å². The Balaban J connectivity index is 1.86. The van der Waals surface area contributed by atoms with Gasteiger partial charge in [-0.1, -0.05) is 6.92 Å². The maximum Gasteiger partial charge on any atom is 0.112 e. The van der Waals surface area contributed by atoms with Crippen LogP contribution >= 0.6 is 0 Å². The van der Waals surface area contributed by atoms with Gasteiger partial charge in [0.25, 0.3) is 0 Å². The Morgan fingerprint density at radius 3 is 2.94 bits per heavy atom. The van der Waals surface area contributed by atoms with Crippen LogP contribution in [0.3, 0.4) is 0 Å². The lowest BCUT2D eigenvalue weighted by molar-refractivity contribution is 0.117. The average Bonchev–Trinajstić information content (AvgIpc) is 2.82. The van der Waals surface area contributed by atoms with Gasteiger partial charge >= 0.3 is 0 Å². The first-order chi connectivity index (χ1) is 7.74. The van der Waals surface area contributed by atoms with Gasteiger partial charge in [-0.25, -0.2) is 4.98 Å². The van der Waals surface area contributed by atoms with Crippen molar-refractivity contribution in [3.05, 3.63) is 17.2 Å². The molecule has 2 heterocycles. The zero-order valence-corrected chi connectivity index (χ0v) is 10.1. The molecule has 0 aromatic carbocycles. The van der Waals surface area contributed by atoms with Crippen LogP contribution in [0.25, 0.3) is 0 Å².